The van der Waals surface area contributed by atoms with Crippen molar-refractivity contribution in [1.29, 1.82) is 0 Å². The number of rotatable bonds is 4. The van der Waals surface area contributed by atoms with Gasteiger partial charge in [-0.25, -0.2) is 10.5 Å². The number of anilines is 1. The number of nitrogens with one attached hydrogen (secondary N) is 2. The number of carbonyl (C=O) groups excluding carboxylic acids is 2. The number of aromatic nitrogens is 1. The van der Waals surface area contributed by atoms with Gasteiger partial charge in [-0.2, -0.15) is 0 Å². The van der Waals surface area contributed by atoms with E-state index in [1.807, 2.05) is 0 Å². The summed E-state index contributed by atoms with van der Waals surface area (Å²) in [5, 5.41) is 29.1. The first-order chi connectivity index (χ1) is 7.65. The van der Waals surface area contributed by atoms with Crippen molar-refractivity contribution in [2.45, 2.75) is 6.61 Å². The largest absolute Gasteiger partial charge is 0.505 e. The quantitative estimate of drug-likeness (QED) is 0.254. The van der Waals surface area contributed by atoms with Crippen LogP contribution in [-0.2, 0) is 11.4 Å². The average molecular weight is 227 g/mol. The summed E-state index contributed by atoms with van der Waals surface area (Å²) < 4.78 is 0. The predicted molar refractivity (Wildman–Crippen MR) is 50.8 cm³/mol. The van der Waals surface area contributed by atoms with Gasteiger partial charge in [0.2, 0.25) is 6.41 Å². The number of carbonyl (C=O) groups is 2. The van der Waals surface area contributed by atoms with Gasteiger partial charge in [-0.3, -0.25) is 14.8 Å². The maximum atomic E-state index is 11.0. The van der Waals surface area contributed by atoms with E-state index in [0.29, 0.717) is 6.41 Å². The zero-order chi connectivity index (χ0) is 12.1. The molecule has 0 saturated heterocycles. The van der Waals surface area contributed by atoms with Crippen molar-refractivity contribution in [1.82, 2.24) is 10.5 Å². The van der Waals surface area contributed by atoms with E-state index < -0.39 is 24.0 Å². The molecule has 0 aliphatic carbocycles. The fourth-order valence-corrected chi connectivity index (χ4v) is 1.11. The number of amides is 2. The predicted octanol–water partition coefficient (Wildman–Crippen LogP) is -1.03. The standard InChI is InChI=1S/C8H9N3O5/c12-2-4-5(10-3-13)1-9-6(7(4)14)8(15)11-16/h1,3,12,14,16H,2H2,(H,10,13)(H,11,15). The first-order valence-corrected chi connectivity index (χ1v) is 4.12. The summed E-state index contributed by atoms with van der Waals surface area (Å²) in [5.41, 5.74) is 0.841. The summed E-state index contributed by atoms with van der Waals surface area (Å²) in [6.07, 6.45) is 1.41. The molecule has 1 aromatic rings. The molecule has 0 fully saturated rings. The molecular weight excluding hydrogens is 218 g/mol. The van der Waals surface area contributed by atoms with Crippen molar-refractivity contribution in [2.75, 3.05) is 5.32 Å². The lowest BCUT2D eigenvalue weighted by Gasteiger charge is -2.10. The summed E-state index contributed by atoms with van der Waals surface area (Å²) in [6, 6.07) is 0. The van der Waals surface area contributed by atoms with Crippen LogP contribution < -0.4 is 10.8 Å². The van der Waals surface area contributed by atoms with E-state index in [9.17, 15) is 14.7 Å². The van der Waals surface area contributed by atoms with Crippen LogP contribution in [0, 0.1) is 0 Å². The van der Waals surface area contributed by atoms with Gasteiger partial charge in [-0.1, -0.05) is 0 Å². The zero-order valence-electron chi connectivity index (χ0n) is 7.97. The Balaban J connectivity index is 3.27. The molecule has 0 unspecified atom stereocenters. The van der Waals surface area contributed by atoms with Crippen molar-refractivity contribution < 1.29 is 25.0 Å². The molecule has 0 aromatic carbocycles. The number of aliphatic hydroxyl groups excluding tert-OH is 1. The number of hydrogen-bond donors (Lipinski definition) is 5. The third kappa shape index (κ3) is 2.07. The fourth-order valence-electron chi connectivity index (χ4n) is 1.11. The van der Waals surface area contributed by atoms with E-state index >= 15 is 0 Å². The van der Waals surface area contributed by atoms with Gasteiger partial charge in [0, 0.05) is 5.56 Å². The Morgan fingerprint density at radius 2 is 2.25 bits per heavy atom. The molecule has 0 radical (unpaired) electrons. The molecule has 8 nitrogen and oxygen atoms in total. The average Bonchev–Trinajstić information content (AvgIpc) is 2.29. The van der Waals surface area contributed by atoms with Crippen LogP contribution in [0.4, 0.5) is 5.69 Å². The Kier molecular flexibility index (Phi) is 3.75. The van der Waals surface area contributed by atoms with Crippen molar-refractivity contribution in [3.63, 3.8) is 0 Å². The summed E-state index contributed by atoms with van der Waals surface area (Å²) in [6.45, 7) is -0.601. The molecule has 1 heterocycles. The Hall–Kier alpha value is -2.19. The van der Waals surface area contributed by atoms with Crippen molar-refractivity contribution in [3.05, 3.63) is 17.5 Å². The number of aromatic hydroxyl groups is 1. The van der Waals surface area contributed by atoms with Crippen LogP contribution in [0.5, 0.6) is 5.75 Å². The third-order valence-electron chi connectivity index (χ3n) is 1.85. The molecule has 0 bridgehead atoms. The van der Waals surface area contributed by atoms with Gasteiger partial charge in [0.05, 0.1) is 18.5 Å². The number of nitrogens with zero attached hydrogens (tertiary/aromatic N) is 1. The highest BCUT2D eigenvalue weighted by atomic mass is 16.5. The summed E-state index contributed by atoms with van der Waals surface area (Å²) in [5.74, 6) is -1.63. The molecule has 0 spiro atoms. The first kappa shape index (κ1) is 11.9. The van der Waals surface area contributed by atoms with Crippen LogP contribution in [-0.4, -0.2) is 32.7 Å². The number of hydroxylamine groups is 1. The minimum atomic E-state index is -1.02. The smallest absolute Gasteiger partial charge is 0.297 e. The molecule has 0 aliphatic heterocycles. The van der Waals surface area contributed by atoms with Crippen LogP contribution in [0.15, 0.2) is 6.20 Å². The van der Waals surface area contributed by atoms with Gasteiger partial charge in [0.25, 0.3) is 5.91 Å². The normalized spacial score (nSPS) is 9.62. The molecule has 5 N–H and O–H groups in total. The summed E-state index contributed by atoms with van der Waals surface area (Å²) in [4.78, 5) is 24.7. The number of aliphatic hydroxyl groups is 1. The van der Waals surface area contributed by atoms with Gasteiger partial charge in [-0.05, 0) is 0 Å². The fraction of sp³-hybridized carbons (Fsp3) is 0.125. The van der Waals surface area contributed by atoms with Gasteiger partial charge in [-0.15, -0.1) is 0 Å². The van der Waals surface area contributed by atoms with Gasteiger partial charge >= 0.3 is 0 Å². The highest BCUT2D eigenvalue weighted by molar-refractivity contribution is 5.95. The topological polar surface area (TPSA) is 132 Å². The van der Waals surface area contributed by atoms with Crippen LogP contribution in [0.3, 0.4) is 0 Å². The lowest BCUT2D eigenvalue weighted by atomic mass is 10.1. The molecule has 2 amide bonds. The van der Waals surface area contributed by atoms with E-state index in [1.54, 1.807) is 0 Å². The lowest BCUT2D eigenvalue weighted by molar-refractivity contribution is -0.105. The monoisotopic (exact) mass is 227 g/mol. The van der Waals surface area contributed by atoms with Gasteiger partial charge in [0.1, 0.15) is 0 Å². The van der Waals surface area contributed by atoms with E-state index in [2.05, 4.69) is 10.3 Å². The minimum Gasteiger partial charge on any atom is -0.505 e. The van der Waals surface area contributed by atoms with Gasteiger partial charge < -0.3 is 15.5 Å². The SMILES string of the molecule is O=CNc1cnc(C(=O)NO)c(O)c1CO. The van der Waals surface area contributed by atoms with Crippen LogP contribution in [0.2, 0.25) is 0 Å². The second-order valence-electron chi connectivity index (χ2n) is 2.71. The Labute approximate surface area is 89.5 Å². The van der Waals surface area contributed by atoms with Crippen LogP contribution in [0.1, 0.15) is 16.1 Å². The number of hydrogen-bond acceptors (Lipinski definition) is 6. The second kappa shape index (κ2) is 5.05. The van der Waals surface area contributed by atoms with E-state index in [0.717, 1.165) is 6.20 Å². The van der Waals surface area contributed by atoms with Crippen molar-refractivity contribution in [2.24, 2.45) is 0 Å². The Bertz CT molecular complexity index is 420. The molecule has 1 aromatic heterocycles. The molecule has 0 saturated carbocycles. The maximum Gasteiger partial charge on any atom is 0.297 e. The molecular formula is C8H9N3O5. The zero-order valence-corrected chi connectivity index (χ0v) is 7.97. The summed E-state index contributed by atoms with van der Waals surface area (Å²) >= 11 is 0. The summed E-state index contributed by atoms with van der Waals surface area (Å²) in [7, 11) is 0. The minimum absolute atomic E-state index is 0.0688. The van der Waals surface area contributed by atoms with Gasteiger partial charge in [0.15, 0.2) is 11.4 Å². The lowest BCUT2D eigenvalue weighted by Crippen LogP contribution is -2.20. The Morgan fingerprint density at radius 1 is 1.56 bits per heavy atom. The number of pyridine rings is 1. The second-order valence-corrected chi connectivity index (χ2v) is 2.71. The van der Waals surface area contributed by atoms with E-state index in [-0.39, 0.29) is 11.3 Å². The van der Waals surface area contributed by atoms with Crippen molar-refractivity contribution in [3.8, 4) is 5.75 Å². The van der Waals surface area contributed by atoms with Crippen LogP contribution in [0.25, 0.3) is 0 Å². The molecule has 0 atom stereocenters. The van der Waals surface area contributed by atoms with Crippen molar-refractivity contribution >= 4 is 18.0 Å². The highest BCUT2D eigenvalue weighted by Gasteiger charge is 2.18. The Morgan fingerprint density at radius 3 is 2.75 bits per heavy atom. The molecule has 16 heavy (non-hydrogen) atoms. The molecule has 86 valence electrons. The first-order valence-electron chi connectivity index (χ1n) is 4.12. The van der Waals surface area contributed by atoms with E-state index in [4.69, 9.17) is 10.3 Å². The van der Waals surface area contributed by atoms with E-state index in [1.165, 1.54) is 5.48 Å². The molecule has 8 heteroatoms. The third-order valence-corrected chi connectivity index (χ3v) is 1.85. The highest BCUT2D eigenvalue weighted by Crippen LogP contribution is 2.27. The van der Waals surface area contributed by atoms with Crippen LogP contribution >= 0.6 is 0 Å². The molecule has 1 rings (SSSR count). The maximum absolute atomic E-state index is 11.0. The molecule has 0 aliphatic rings.